The maximum absolute atomic E-state index is 9.48. The van der Waals surface area contributed by atoms with Crippen LogP contribution in [-0.2, 0) is 0 Å². The number of aromatic hydroxyl groups is 2. The summed E-state index contributed by atoms with van der Waals surface area (Å²) in [4.78, 5) is 0. The molecule has 1 aromatic heterocycles. The molecule has 21 heavy (non-hydrogen) atoms. The van der Waals surface area contributed by atoms with E-state index in [9.17, 15) is 10.2 Å². The lowest BCUT2D eigenvalue weighted by atomic mass is 10.2. The fourth-order valence-corrected chi connectivity index (χ4v) is 2.55. The predicted octanol–water partition coefficient (Wildman–Crippen LogP) is 3.79. The van der Waals surface area contributed by atoms with Gasteiger partial charge in [0.1, 0.15) is 21.5 Å². The number of nitrogens with zero attached hydrogens (tertiary/aromatic N) is 2. The van der Waals surface area contributed by atoms with Crippen LogP contribution in [0.2, 0.25) is 0 Å². The van der Waals surface area contributed by atoms with Gasteiger partial charge in [0.05, 0.1) is 0 Å². The van der Waals surface area contributed by atoms with E-state index in [1.54, 1.807) is 30.3 Å². The van der Waals surface area contributed by atoms with E-state index in [0.29, 0.717) is 0 Å². The van der Waals surface area contributed by atoms with E-state index >= 15 is 0 Å². The number of phenols is 2. The van der Waals surface area contributed by atoms with Gasteiger partial charge >= 0.3 is 0 Å². The Morgan fingerprint density at radius 2 is 1.67 bits per heavy atom. The van der Waals surface area contributed by atoms with Crippen LogP contribution >= 0.6 is 11.3 Å². The van der Waals surface area contributed by atoms with Gasteiger partial charge < -0.3 is 10.2 Å². The fraction of sp³-hybridized carbons (Fsp3) is 0. The van der Waals surface area contributed by atoms with E-state index in [1.165, 1.54) is 11.3 Å². The Hall–Kier alpha value is -2.66. The third kappa shape index (κ3) is 3.27. The van der Waals surface area contributed by atoms with Gasteiger partial charge in [-0.05, 0) is 35.9 Å². The zero-order valence-electron chi connectivity index (χ0n) is 11.0. The van der Waals surface area contributed by atoms with Crippen molar-refractivity contribution in [3.05, 3.63) is 59.1 Å². The summed E-state index contributed by atoms with van der Waals surface area (Å²) < 4.78 is 0. The number of aromatic nitrogens is 2. The Morgan fingerprint density at radius 3 is 2.43 bits per heavy atom. The van der Waals surface area contributed by atoms with Crippen molar-refractivity contribution < 1.29 is 10.2 Å². The first-order valence-corrected chi connectivity index (χ1v) is 7.12. The number of phenolic OH excluding ortho intramolecular Hbond substituents is 2. The average Bonchev–Trinajstić information content (AvgIpc) is 2.96. The fourth-order valence-electron chi connectivity index (χ4n) is 1.81. The molecule has 0 bridgehead atoms. The molecule has 0 unspecified atom stereocenters. The minimum absolute atomic E-state index is 0.212. The molecular weight excluding hydrogens is 284 g/mol. The summed E-state index contributed by atoms with van der Waals surface area (Å²) in [6.07, 6.45) is 3.78. The SMILES string of the molecule is Oc1ccc(/C=C/c2nnc(-c3cccc(O)c3)s2)cc1. The maximum Gasteiger partial charge on any atom is 0.148 e. The van der Waals surface area contributed by atoms with Crippen LogP contribution < -0.4 is 0 Å². The van der Waals surface area contributed by atoms with Crippen molar-refractivity contribution >= 4 is 23.5 Å². The van der Waals surface area contributed by atoms with Gasteiger partial charge in [0, 0.05) is 5.56 Å². The molecule has 0 aliphatic carbocycles. The minimum Gasteiger partial charge on any atom is -0.508 e. The van der Waals surface area contributed by atoms with Crippen molar-refractivity contribution in [1.82, 2.24) is 10.2 Å². The molecule has 4 nitrogen and oxygen atoms in total. The summed E-state index contributed by atoms with van der Waals surface area (Å²) in [6, 6.07) is 13.9. The van der Waals surface area contributed by atoms with Gasteiger partial charge in [0.2, 0.25) is 0 Å². The van der Waals surface area contributed by atoms with E-state index in [4.69, 9.17) is 0 Å². The van der Waals surface area contributed by atoms with Crippen LogP contribution in [0.1, 0.15) is 10.6 Å². The first kappa shape index (κ1) is 13.3. The first-order valence-electron chi connectivity index (χ1n) is 6.31. The molecule has 0 aliphatic heterocycles. The summed E-state index contributed by atoms with van der Waals surface area (Å²) in [5.74, 6) is 0.457. The van der Waals surface area contributed by atoms with Gasteiger partial charge in [0.25, 0.3) is 0 Å². The molecule has 0 atom stereocenters. The summed E-state index contributed by atoms with van der Waals surface area (Å²) >= 11 is 1.45. The smallest absolute Gasteiger partial charge is 0.148 e. The van der Waals surface area contributed by atoms with E-state index in [0.717, 1.165) is 21.1 Å². The lowest BCUT2D eigenvalue weighted by Gasteiger charge is -1.95. The van der Waals surface area contributed by atoms with E-state index in [2.05, 4.69) is 10.2 Å². The van der Waals surface area contributed by atoms with Crippen LogP contribution in [0.4, 0.5) is 0 Å². The van der Waals surface area contributed by atoms with Gasteiger partial charge in [-0.15, -0.1) is 10.2 Å². The van der Waals surface area contributed by atoms with Crippen LogP contribution in [0.15, 0.2) is 48.5 Å². The highest BCUT2D eigenvalue weighted by molar-refractivity contribution is 7.15. The standard InChI is InChI=1S/C16H12N2O2S/c19-13-7-4-11(5-8-13)6-9-15-17-18-16(21-15)12-2-1-3-14(20)10-12/h1-10,19-20H/b9-6+. The third-order valence-corrected chi connectivity index (χ3v) is 3.78. The van der Waals surface area contributed by atoms with Crippen molar-refractivity contribution in [2.45, 2.75) is 0 Å². The Balaban J connectivity index is 1.80. The second kappa shape index (κ2) is 5.76. The molecule has 3 rings (SSSR count). The second-order valence-corrected chi connectivity index (χ2v) is 5.43. The van der Waals surface area contributed by atoms with Gasteiger partial charge in [-0.1, -0.05) is 41.7 Å². The van der Waals surface area contributed by atoms with Crippen LogP contribution in [-0.4, -0.2) is 20.4 Å². The Kier molecular flexibility index (Phi) is 3.66. The highest BCUT2D eigenvalue weighted by Crippen LogP contribution is 2.27. The van der Waals surface area contributed by atoms with Gasteiger partial charge in [-0.25, -0.2) is 0 Å². The average molecular weight is 296 g/mol. The first-order chi connectivity index (χ1) is 10.2. The van der Waals surface area contributed by atoms with Gasteiger partial charge in [-0.2, -0.15) is 0 Å². The quantitative estimate of drug-likeness (QED) is 0.771. The molecular formula is C16H12N2O2S. The number of rotatable bonds is 3. The van der Waals surface area contributed by atoms with Crippen molar-refractivity contribution in [2.75, 3.05) is 0 Å². The molecule has 2 aromatic carbocycles. The molecule has 5 heteroatoms. The lowest BCUT2D eigenvalue weighted by Crippen LogP contribution is -1.76. The van der Waals surface area contributed by atoms with Crippen LogP contribution in [0.5, 0.6) is 11.5 Å². The van der Waals surface area contributed by atoms with Crippen molar-refractivity contribution in [3.63, 3.8) is 0 Å². The monoisotopic (exact) mass is 296 g/mol. The normalized spacial score (nSPS) is 11.0. The van der Waals surface area contributed by atoms with E-state index < -0.39 is 0 Å². The summed E-state index contributed by atoms with van der Waals surface area (Å²) in [5, 5.41) is 28.5. The largest absolute Gasteiger partial charge is 0.508 e. The van der Waals surface area contributed by atoms with Crippen LogP contribution in [0.3, 0.4) is 0 Å². The topological polar surface area (TPSA) is 66.2 Å². The van der Waals surface area contributed by atoms with Crippen molar-refractivity contribution in [2.24, 2.45) is 0 Å². The summed E-state index contributed by atoms with van der Waals surface area (Å²) in [7, 11) is 0. The number of hydrogen-bond acceptors (Lipinski definition) is 5. The van der Waals surface area contributed by atoms with E-state index in [-0.39, 0.29) is 11.5 Å². The van der Waals surface area contributed by atoms with Crippen LogP contribution in [0, 0.1) is 0 Å². The number of benzene rings is 2. The predicted molar refractivity (Wildman–Crippen MR) is 84.0 cm³/mol. The molecule has 104 valence electrons. The molecule has 2 N–H and O–H groups in total. The molecule has 0 saturated heterocycles. The van der Waals surface area contributed by atoms with E-state index in [1.807, 2.05) is 30.4 Å². The minimum atomic E-state index is 0.212. The molecule has 1 heterocycles. The Morgan fingerprint density at radius 1 is 0.857 bits per heavy atom. The van der Waals surface area contributed by atoms with Crippen molar-refractivity contribution in [3.8, 4) is 22.1 Å². The second-order valence-electron chi connectivity index (χ2n) is 4.42. The Bertz CT molecular complexity index is 779. The van der Waals surface area contributed by atoms with Crippen LogP contribution in [0.25, 0.3) is 22.7 Å². The molecule has 0 amide bonds. The number of hydrogen-bond donors (Lipinski definition) is 2. The van der Waals surface area contributed by atoms with Gasteiger partial charge in [-0.3, -0.25) is 0 Å². The van der Waals surface area contributed by atoms with Crippen molar-refractivity contribution in [1.29, 1.82) is 0 Å². The molecule has 0 radical (unpaired) electrons. The molecule has 0 aliphatic rings. The third-order valence-electron chi connectivity index (χ3n) is 2.85. The van der Waals surface area contributed by atoms with Gasteiger partial charge in [0.15, 0.2) is 0 Å². The molecule has 3 aromatic rings. The zero-order valence-corrected chi connectivity index (χ0v) is 11.8. The Labute approximate surface area is 125 Å². The molecule has 0 saturated carbocycles. The molecule has 0 fully saturated rings. The maximum atomic E-state index is 9.48. The highest BCUT2D eigenvalue weighted by Gasteiger charge is 2.05. The lowest BCUT2D eigenvalue weighted by molar-refractivity contribution is 0.475. The highest BCUT2D eigenvalue weighted by atomic mass is 32.1. The zero-order chi connectivity index (χ0) is 14.7. The molecule has 0 spiro atoms. The summed E-state index contributed by atoms with van der Waals surface area (Å²) in [6.45, 7) is 0. The summed E-state index contributed by atoms with van der Waals surface area (Å²) in [5.41, 5.74) is 1.82.